The third kappa shape index (κ3) is 1.90. The molecule has 17 heavy (non-hydrogen) atoms. The predicted octanol–water partition coefficient (Wildman–Crippen LogP) is 2.38. The number of carbonyl (C=O) groups excluding carboxylic acids is 1. The number of aryl methyl sites for hydroxylation is 2. The highest BCUT2D eigenvalue weighted by Gasteiger charge is 2.20. The van der Waals surface area contributed by atoms with Crippen LogP contribution >= 0.6 is 0 Å². The summed E-state index contributed by atoms with van der Waals surface area (Å²) in [6.07, 6.45) is 2.57. The maximum atomic E-state index is 12.0. The van der Waals surface area contributed by atoms with Crippen LogP contribution in [-0.4, -0.2) is 22.2 Å². The summed E-state index contributed by atoms with van der Waals surface area (Å²) in [6, 6.07) is 3.89. The second kappa shape index (κ2) is 4.57. The van der Waals surface area contributed by atoms with Crippen LogP contribution in [0.1, 0.15) is 35.5 Å². The van der Waals surface area contributed by atoms with Gasteiger partial charge in [-0.3, -0.25) is 0 Å². The minimum absolute atomic E-state index is 0.284. The van der Waals surface area contributed by atoms with E-state index in [1.54, 1.807) is 4.52 Å². The molecule has 0 unspecified atom stereocenters. The Hall–Kier alpha value is -1.84. The van der Waals surface area contributed by atoms with Crippen molar-refractivity contribution in [2.24, 2.45) is 0 Å². The fourth-order valence-corrected chi connectivity index (χ4v) is 1.98. The molecule has 4 nitrogen and oxygen atoms in total. The van der Waals surface area contributed by atoms with E-state index in [9.17, 15) is 4.79 Å². The molecule has 0 saturated heterocycles. The number of rotatable bonds is 3. The molecule has 0 radical (unpaired) electrons. The molecule has 0 aliphatic carbocycles. The summed E-state index contributed by atoms with van der Waals surface area (Å²) < 4.78 is 6.85. The minimum atomic E-state index is -0.284. The number of fused-ring (bicyclic) bond motifs is 1. The van der Waals surface area contributed by atoms with Crippen molar-refractivity contribution in [3.63, 3.8) is 0 Å². The third-order valence-corrected chi connectivity index (χ3v) is 2.74. The molecular weight excluding hydrogens is 216 g/mol. The number of hydrogen-bond acceptors (Lipinski definition) is 3. The van der Waals surface area contributed by atoms with Crippen LogP contribution in [-0.2, 0) is 11.2 Å². The highest BCUT2D eigenvalue weighted by atomic mass is 16.5. The number of aromatic nitrogens is 2. The van der Waals surface area contributed by atoms with E-state index in [0.717, 1.165) is 23.2 Å². The van der Waals surface area contributed by atoms with E-state index < -0.39 is 0 Å². The molecule has 0 bridgehead atoms. The number of hydrogen-bond donors (Lipinski definition) is 0. The van der Waals surface area contributed by atoms with Gasteiger partial charge in [0.2, 0.25) is 0 Å². The SMILES string of the molecule is CCOC(=O)c1c(CC)nn2cccc(C)c12. The Morgan fingerprint density at radius 2 is 2.24 bits per heavy atom. The fourth-order valence-electron chi connectivity index (χ4n) is 1.98. The Kier molecular flexibility index (Phi) is 3.13. The minimum Gasteiger partial charge on any atom is -0.462 e. The number of carbonyl (C=O) groups is 1. The van der Waals surface area contributed by atoms with Gasteiger partial charge in [0.05, 0.1) is 17.8 Å². The van der Waals surface area contributed by atoms with Gasteiger partial charge in [0.15, 0.2) is 0 Å². The monoisotopic (exact) mass is 232 g/mol. The van der Waals surface area contributed by atoms with Gasteiger partial charge in [-0.15, -0.1) is 0 Å². The summed E-state index contributed by atoms with van der Waals surface area (Å²) in [5.74, 6) is -0.284. The summed E-state index contributed by atoms with van der Waals surface area (Å²) in [5.41, 5.74) is 3.27. The van der Waals surface area contributed by atoms with Gasteiger partial charge in [-0.25, -0.2) is 9.31 Å². The quantitative estimate of drug-likeness (QED) is 0.763. The highest BCUT2D eigenvalue weighted by molar-refractivity contribution is 5.99. The molecule has 0 aromatic carbocycles. The summed E-state index contributed by atoms with van der Waals surface area (Å²) in [5, 5.41) is 4.41. The zero-order chi connectivity index (χ0) is 12.4. The van der Waals surface area contributed by atoms with E-state index in [2.05, 4.69) is 5.10 Å². The maximum Gasteiger partial charge on any atom is 0.342 e. The van der Waals surface area contributed by atoms with E-state index in [0.29, 0.717) is 12.2 Å². The van der Waals surface area contributed by atoms with Crippen molar-refractivity contribution < 1.29 is 9.53 Å². The molecule has 0 fully saturated rings. The number of esters is 1. The number of nitrogens with zero attached hydrogens (tertiary/aromatic N) is 2. The molecule has 2 rings (SSSR count). The number of ether oxygens (including phenoxy) is 1. The van der Waals surface area contributed by atoms with Crippen LogP contribution in [0.15, 0.2) is 18.3 Å². The first-order valence-corrected chi connectivity index (χ1v) is 5.83. The highest BCUT2D eigenvalue weighted by Crippen LogP contribution is 2.20. The summed E-state index contributed by atoms with van der Waals surface area (Å²) in [6.45, 7) is 6.15. The molecule has 0 aliphatic heterocycles. The average Bonchev–Trinajstić information content (AvgIpc) is 2.69. The first kappa shape index (κ1) is 11.6. The third-order valence-electron chi connectivity index (χ3n) is 2.74. The first-order chi connectivity index (χ1) is 8.19. The second-order valence-electron chi connectivity index (χ2n) is 3.88. The van der Waals surface area contributed by atoms with Crippen LogP contribution in [0.3, 0.4) is 0 Å². The van der Waals surface area contributed by atoms with Crippen molar-refractivity contribution in [3.05, 3.63) is 35.2 Å². The van der Waals surface area contributed by atoms with Crippen molar-refractivity contribution in [1.82, 2.24) is 9.61 Å². The molecule has 0 saturated carbocycles. The Morgan fingerprint density at radius 3 is 2.88 bits per heavy atom. The zero-order valence-electron chi connectivity index (χ0n) is 10.4. The molecule has 2 aromatic heterocycles. The van der Waals surface area contributed by atoms with Crippen molar-refractivity contribution >= 4 is 11.5 Å². The van der Waals surface area contributed by atoms with Gasteiger partial charge in [-0.1, -0.05) is 13.0 Å². The lowest BCUT2D eigenvalue weighted by Crippen LogP contribution is -2.07. The van der Waals surface area contributed by atoms with E-state index in [1.807, 2.05) is 39.1 Å². The molecule has 4 heteroatoms. The predicted molar refractivity (Wildman–Crippen MR) is 65.3 cm³/mol. The normalized spacial score (nSPS) is 10.8. The Bertz CT molecular complexity index is 558. The van der Waals surface area contributed by atoms with Crippen LogP contribution in [0.25, 0.3) is 5.52 Å². The lowest BCUT2D eigenvalue weighted by Gasteiger charge is -2.03. The topological polar surface area (TPSA) is 43.6 Å². The van der Waals surface area contributed by atoms with Gasteiger partial charge in [0, 0.05) is 6.20 Å². The maximum absolute atomic E-state index is 12.0. The van der Waals surface area contributed by atoms with Gasteiger partial charge in [0.25, 0.3) is 0 Å². The van der Waals surface area contributed by atoms with E-state index in [-0.39, 0.29) is 5.97 Å². The zero-order valence-corrected chi connectivity index (χ0v) is 10.4. The smallest absolute Gasteiger partial charge is 0.342 e. The van der Waals surface area contributed by atoms with Crippen molar-refractivity contribution in [2.45, 2.75) is 27.2 Å². The Morgan fingerprint density at radius 1 is 1.47 bits per heavy atom. The van der Waals surface area contributed by atoms with Crippen molar-refractivity contribution in [1.29, 1.82) is 0 Å². The summed E-state index contributed by atoms with van der Waals surface area (Å²) in [7, 11) is 0. The van der Waals surface area contributed by atoms with Gasteiger partial charge < -0.3 is 4.74 Å². The standard InChI is InChI=1S/C13H16N2O2/c1-4-10-11(13(16)17-5-2)12-9(3)7-6-8-15(12)14-10/h6-8H,4-5H2,1-3H3. The molecule has 0 spiro atoms. The van der Waals surface area contributed by atoms with Gasteiger partial charge >= 0.3 is 5.97 Å². The molecule has 90 valence electrons. The van der Waals surface area contributed by atoms with Gasteiger partial charge in [-0.2, -0.15) is 5.10 Å². The lowest BCUT2D eigenvalue weighted by atomic mass is 10.1. The molecule has 2 heterocycles. The molecule has 0 amide bonds. The van der Waals surface area contributed by atoms with Crippen LogP contribution in [0.5, 0.6) is 0 Å². The largest absolute Gasteiger partial charge is 0.462 e. The Balaban J connectivity index is 2.69. The average molecular weight is 232 g/mol. The van der Waals surface area contributed by atoms with Crippen molar-refractivity contribution in [2.75, 3.05) is 6.61 Å². The van der Waals surface area contributed by atoms with E-state index in [1.165, 1.54) is 0 Å². The van der Waals surface area contributed by atoms with Gasteiger partial charge in [-0.05, 0) is 31.9 Å². The van der Waals surface area contributed by atoms with E-state index in [4.69, 9.17) is 4.74 Å². The van der Waals surface area contributed by atoms with Crippen molar-refractivity contribution in [3.8, 4) is 0 Å². The van der Waals surface area contributed by atoms with Crippen LogP contribution < -0.4 is 0 Å². The summed E-state index contributed by atoms with van der Waals surface area (Å²) >= 11 is 0. The molecule has 0 aliphatic rings. The first-order valence-electron chi connectivity index (χ1n) is 5.83. The van der Waals surface area contributed by atoms with Crippen LogP contribution in [0.4, 0.5) is 0 Å². The van der Waals surface area contributed by atoms with Crippen LogP contribution in [0.2, 0.25) is 0 Å². The summed E-state index contributed by atoms with van der Waals surface area (Å²) in [4.78, 5) is 12.0. The molecular formula is C13H16N2O2. The van der Waals surface area contributed by atoms with E-state index >= 15 is 0 Å². The molecule has 2 aromatic rings. The second-order valence-corrected chi connectivity index (χ2v) is 3.88. The lowest BCUT2D eigenvalue weighted by molar-refractivity contribution is 0.0527. The molecule has 0 atom stereocenters. The van der Waals surface area contributed by atoms with Gasteiger partial charge in [0.1, 0.15) is 5.56 Å². The Labute approximate surface area is 100 Å². The van der Waals surface area contributed by atoms with Crippen LogP contribution in [0, 0.1) is 6.92 Å². The molecule has 0 N–H and O–H groups in total. The fraction of sp³-hybridized carbons (Fsp3) is 0.385. The number of pyridine rings is 1.